The first-order chi connectivity index (χ1) is 17.3. The number of nitrogens with zero attached hydrogens (tertiary/aromatic N) is 2. The number of ketones is 1. The monoisotopic (exact) mass is 516 g/mol. The number of likely N-dealkylation sites (tertiary alicyclic amines) is 1. The number of carbonyl (C=O) groups is 2. The molecule has 0 aliphatic carbocycles. The van der Waals surface area contributed by atoms with Gasteiger partial charge in [-0.05, 0) is 61.2 Å². The molecule has 2 aliphatic heterocycles. The largest absolute Gasteiger partial charge is 0.507 e. The Kier molecular flexibility index (Phi) is 7.87. The Bertz CT molecular complexity index is 1250. The molecule has 0 unspecified atom stereocenters. The summed E-state index contributed by atoms with van der Waals surface area (Å²) in [5, 5.41) is 11.1. The number of hydrogen-bond acceptors (Lipinski definition) is 6. The van der Waals surface area contributed by atoms with Crippen LogP contribution < -0.4 is 0 Å². The standard InChI is InChI=1S/C26H29FN2O6S/c1-35-17-5-16-29-23(18-6-10-20(27)11-7-18)22(25(31)26(29)32)24(30)19-8-12-21(13-9-19)36(33,34)28-14-3-2-4-15-28/h6-13,23,30H,2-5,14-17H2,1H3/t23-/m0/s1. The van der Waals surface area contributed by atoms with Gasteiger partial charge in [0.15, 0.2) is 0 Å². The number of piperidine rings is 1. The number of halogens is 1. The van der Waals surface area contributed by atoms with Crippen molar-refractivity contribution in [2.45, 2.75) is 36.6 Å². The molecule has 2 saturated heterocycles. The summed E-state index contributed by atoms with van der Waals surface area (Å²) in [4.78, 5) is 27.4. The highest BCUT2D eigenvalue weighted by Crippen LogP contribution is 2.39. The van der Waals surface area contributed by atoms with E-state index in [4.69, 9.17) is 4.74 Å². The highest BCUT2D eigenvalue weighted by atomic mass is 32.2. The summed E-state index contributed by atoms with van der Waals surface area (Å²) in [5.74, 6) is -2.52. The van der Waals surface area contributed by atoms with Gasteiger partial charge in [-0.15, -0.1) is 0 Å². The van der Waals surface area contributed by atoms with Crippen molar-refractivity contribution in [2.75, 3.05) is 33.4 Å². The van der Waals surface area contributed by atoms with Gasteiger partial charge >= 0.3 is 0 Å². The fourth-order valence-electron chi connectivity index (χ4n) is 4.68. The highest BCUT2D eigenvalue weighted by molar-refractivity contribution is 7.89. The number of sulfonamides is 1. The van der Waals surface area contributed by atoms with Crippen LogP contribution in [0, 0.1) is 5.82 Å². The van der Waals surface area contributed by atoms with Gasteiger partial charge < -0.3 is 14.7 Å². The molecule has 36 heavy (non-hydrogen) atoms. The number of methoxy groups -OCH3 is 1. The minimum atomic E-state index is -3.66. The van der Waals surface area contributed by atoms with Gasteiger partial charge in [0.2, 0.25) is 10.0 Å². The third kappa shape index (κ3) is 5.07. The Balaban J connectivity index is 1.71. The van der Waals surface area contributed by atoms with Crippen molar-refractivity contribution >= 4 is 27.5 Å². The molecule has 2 aromatic rings. The smallest absolute Gasteiger partial charge is 0.295 e. The molecular weight excluding hydrogens is 487 g/mol. The van der Waals surface area contributed by atoms with E-state index in [0.717, 1.165) is 19.3 Å². The maximum atomic E-state index is 13.6. The molecule has 2 aliphatic rings. The lowest BCUT2D eigenvalue weighted by atomic mass is 9.95. The molecule has 4 rings (SSSR count). The Hall–Kier alpha value is -3.08. The number of ether oxygens (including phenoxy) is 1. The van der Waals surface area contributed by atoms with Crippen LogP contribution in [-0.4, -0.2) is 67.8 Å². The van der Waals surface area contributed by atoms with Gasteiger partial charge in [-0.1, -0.05) is 18.6 Å². The molecule has 192 valence electrons. The van der Waals surface area contributed by atoms with Crippen molar-refractivity contribution in [2.24, 2.45) is 0 Å². The minimum absolute atomic E-state index is 0.0936. The van der Waals surface area contributed by atoms with E-state index in [9.17, 15) is 27.5 Å². The van der Waals surface area contributed by atoms with Crippen molar-refractivity contribution in [3.63, 3.8) is 0 Å². The quantitative estimate of drug-likeness (QED) is 0.249. The zero-order valence-corrected chi connectivity index (χ0v) is 20.8. The topological polar surface area (TPSA) is 104 Å². The van der Waals surface area contributed by atoms with E-state index in [1.165, 1.54) is 64.8 Å². The number of aliphatic hydroxyl groups is 1. The van der Waals surface area contributed by atoms with Gasteiger partial charge in [0.05, 0.1) is 16.5 Å². The van der Waals surface area contributed by atoms with Gasteiger partial charge in [0.25, 0.3) is 11.7 Å². The summed E-state index contributed by atoms with van der Waals surface area (Å²) in [5.41, 5.74) is 0.545. The average molecular weight is 517 g/mol. The molecule has 1 atom stereocenters. The zero-order valence-electron chi connectivity index (χ0n) is 20.0. The lowest BCUT2D eigenvalue weighted by Gasteiger charge is -2.26. The second kappa shape index (κ2) is 10.9. The number of hydrogen-bond donors (Lipinski definition) is 1. The SMILES string of the molecule is COCCCN1C(=O)C(=O)C(=C(O)c2ccc(S(=O)(=O)N3CCCCC3)cc2)[C@@H]1c1ccc(F)cc1. The van der Waals surface area contributed by atoms with Crippen molar-refractivity contribution in [3.8, 4) is 0 Å². The number of Topliss-reactive ketones (excluding diaryl/α,β-unsaturated/α-hetero) is 1. The average Bonchev–Trinajstić information content (AvgIpc) is 3.14. The summed E-state index contributed by atoms with van der Waals surface area (Å²) in [6.45, 7) is 1.50. The zero-order chi connectivity index (χ0) is 25.9. The Labute approximate surface area is 210 Å². The summed E-state index contributed by atoms with van der Waals surface area (Å²) in [6, 6.07) is 10.1. The van der Waals surface area contributed by atoms with Crippen LogP contribution in [0.1, 0.15) is 42.9 Å². The summed E-state index contributed by atoms with van der Waals surface area (Å²) in [7, 11) is -2.14. The van der Waals surface area contributed by atoms with Crippen molar-refractivity contribution in [1.82, 2.24) is 9.21 Å². The van der Waals surface area contributed by atoms with Gasteiger partial charge in [-0.3, -0.25) is 9.59 Å². The molecule has 0 radical (unpaired) electrons. The van der Waals surface area contributed by atoms with Crippen LogP contribution in [0.4, 0.5) is 4.39 Å². The molecule has 8 nitrogen and oxygen atoms in total. The van der Waals surface area contributed by atoms with Crippen LogP contribution >= 0.6 is 0 Å². The second-order valence-corrected chi connectivity index (χ2v) is 10.8. The van der Waals surface area contributed by atoms with Gasteiger partial charge in [0.1, 0.15) is 11.6 Å². The maximum Gasteiger partial charge on any atom is 0.295 e. The normalized spacial score (nSPS) is 20.7. The number of benzene rings is 2. The maximum absolute atomic E-state index is 13.6. The third-order valence-corrected chi connectivity index (χ3v) is 8.47. The van der Waals surface area contributed by atoms with Gasteiger partial charge in [0, 0.05) is 38.9 Å². The molecule has 2 fully saturated rings. The van der Waals surface area contributed by atoms with E-state index in [1.807, 2.05) is 0 Å². The molecule has 0 aromatic heterocycles. The lowest BCUT2D eigenvalue weighted by Crippen LogP contribution is -2.35. The first-order valence-electron chi connectivity index (χ1n) is 11.9. The minimum Gasteiger partial charge on any atom is -0.507 e. The second-order valence-electron chi connectivity index (χ2n) is 8.88. The van der Waals surface area contributed by atoms with E-state index in [0.29, 0.717) is 31.7 Å². The van der Waals surface area contributed by atoms with E-state index in [-0.39, 0.29) is 22.6 Å². The Morgan fingerprint density at radius 3 is 2.28 bits per heavy atom. The van der Waals surface area contributed by atoms with Crippen LogP contribution in [0.15, 0.2) is 59.0 Å². The van der Waals surface area contributed by atoms with E-state index < -0.39 is 39.3 Å². The van der Waals surface area contributed by atoms with E-state index in [1.54, 1.807) is 0 Å². The molecule has 1 amide bonds. The molecule has 0 spiro atoms. The van der Waals surface area contributed by atoms with Crippen LogP contribution in [-0.2, 0) is 24.3 Å². The molecule has 0 saturated carbocycles. The summed E-state index contributed by atoms with van der Waals surface area (Å²) in [6.07, 6.45) is 3.08. The molecule has 2 aromatic carbocycles. The molecular formula is C26H29FN2O6S. The van der Waals surface area contributed by atoms with Crippen LogP contribution in [0.5, 0.6) is 0 Å². The van der Waals surface area contributed by atoms with Crippen molar-refractivity contribution in [1.29, 1.82) is 0 Å². The fraction of sp³-hybridized carbons (Fsp3) is 0.385. The number of aliphatic hydroxyl groups excluding tert-OH is 1. The van der Waals surface area contributed by atoms with Gasteiger partial charge in [-0.2, -0.15) is 4.31 Å². The predicted molar refractivity (Wildman–Crippen MR) is 131 cm³/mol. The number of rotatable bonds is 8. The van der Waals surface area contributed by atoms with Gasteiger partial charge in [-0.25, -0.2) is 12.8 Å². The Morgan fingerprint density at radius 2 is 1.67 bits per heavy atom. The Morgan fingerprint density at radius 1 is 1.03 bits per heavy atom. The number of carbonyl (C=O) groups excluding carboxylic acids is 2. The van der Waals surface area contributed by atoms with Crippen LogP contribution in [0.25, 0.3) is 5.76 Å². The van der Waals surface area contributed by atoms with Crippen LogP contribution in [0.3, 0.4) is 0 Å². The van der Waals surface area contributed by atoms with E-state index in [2.05, 4.69) is 0 Å². The van der Waals surface area contributed by atoms with E-state index >= 15 is 0 Å². The molecule has 2 heterocycles. The fourth-order valence-corrected chi connectivity index (χ4v) is 6.19. The molecule has 10 heteroatoms. The molecule has 1 N–H and O–H groups in total. The predicted octanol–water partition coefficient (Wildman–Crippen LogP) is 3.46. The first-order valence-corrected chi connectivity index (χ1v) is 13.3. The van der Waals surface area contributed by atoms with Crippen LogP contribution in [0.2, 0.25) is 0 Å². The summed E-state index contributed by atoms with van der Waals surface area (Å²) >= 11 is 0. The first kappa shape index (κ1) is 26.0. The number of amides is 1. The van der Waals surface area contributed by atoms with Crippen molar-refractivity contribution in [3.05, 3.63) is 71.0 Å². The third-order valence-electron chi connectivity index (χ3n) is 6.55. The summed E-state index contributed by atoms with van der Waals surface area (Å²) < 4.78 is 46.0. The van der Waals surface area contributed by atoms with Crippen molar-refractivity contribution < 1.29 is 32.2 Å². The highest BCUT2D eigenvalue weighted by Gasteiger charge is 2.45. The molecule has 0 bridgehead atoms. The lowest BCUT2D eigenvalue weighted by molar-refractivity contribution is -0.140.